The molecule has 0 amide bonds. The second-order valence-electron chi connectivity index (χ2n) is 4.50. The molecule has 0 aliphatic carbocycles. The van der Waals surface area contributed by atoms with E-state index in [1.54, 1.807) is 0 Å². The van der Waals surface area contributed by atoms with Crippen LogP contribution in [0.25, 0.3) is 0 Å². The zero-order valence-electron chi connectivity index (χ0n) is 10.5. The monoisotopic (exact) mass is 259 g/mol. The quantitative estimate of drug-likeness (QED) is 0.900. The van der Waals surface area contributed by atoms with E-state index < -0.39 is 0 Å². The van der Waals surface area contributed by atoms with Crippen molar-refractivity contribution in [1.29, 1.82) is 0 Å². The molecule has 18 heavy (non-hydrogen) atoms. The zero-order valence-corrected chi connectivity index (χ0v) is 11.3. The number of anilines is 1. The van der Waals surface area contributed by atoms with Crippen LogP contribution in [0.5, 0.6) is 5.75 Å². The summed E-state index contributed by atoms with van der Waals surface area (Å²) in [5, 5.41) is 3.48. The molecule has 0 spiro atoms. The second-order valence-corrected chi connectivity index (χ2v) is 5.75. The minimum Gasteiger partial charge on any atom is -0.493 e. The van der Waals surface area contributed by atoms with Crippen LogP contribution in [0.3, 0.4) is 0 Å². The van der Waals surface area contributed by atoms with E-state index in [0.29, 0.717) is 0 Å². The van der Waals surface area contributed by atoms with E-state index in [4.69, 9.17) is 4.74 Å². The molecule has 1 aromatic carbocycles. The molecule has 0 unspecified atom stereocenters. The van der Waals surface area contributed by atoms with Crippen LogP contribution in [-0.4, -0.2) is 6.61 Å². The normalized spacial score (nSPS) is 13.2. The topological polar surface area (TPSA) is 21.3 Å². The SMILES string of the molecule is CCc1ccc(CNc2ccc3c(c2)CCO3)s1. The van der Waals surface area contributed by atoms with Gasteiger partial charge in [0.25, 0.3) is 0 Å². The summed E-state index contributed by atoms with van der Waals surface area (Å²) >= 11 is 1.89. The van der Waals surface area contributed by atoms with Gasteiger partial charge in [0.05, 0.1) is 6.61 Å². The van der Waals surface area contributed by atoms with E-state index in [9.17, 15) is 0 Å². The van der Waals surface area contributed by atoms with E-state index in [0.717, 1.165) is 31.7 Å². The molecule has 1 aromatic heterocycles. The Labute approximate surface area is 112 Å². The molecule has 0 atom stereocenters. The maximum Gasteiger partial charge on any atom is 0.122 e. The van der Waals surface area contributed by atoms with Crippen LogP contribution in [0.4, 0.5) is 5.69 Å². The lowest BCUT2D eigenvalue weighted by Gasteiger charge is -2.06. The van der Waals surface area contributed by atoms with Crippen molar-refractivity contribution in [2.24, 2.45) is 0 Å². The van der Waals surface area contributed by atoms with Gasteiger partial charge in [0.15, 0.2) is 0 Å². The third-order valence-electron chi connectivity index (χ3n) is 3.22. The Bertz CT molecular complexity index is 547. The largest absolute Gasteiger partial charge is 0.493 e. The van der Waals surface area contributed by atoms with Gasteiger partial charge in [0, 0.05) is 28.4 Å². The predicted octanol–water partition coefficient (Wildman–Crippen LogP) is 3.86. The fraction of sp³-hybridized carbons (Fsp3) is 0.333. The molecule has 0 radical (unpaired) electrons. The Morgan fingerprint density at radius 2 is 2.11 bits per heavy atom. The van der Waals surface area contributed by atoms with Crippen LogP contribution in [0.1, 0.15) is 22.2 Å². The number of benzene rings is 1. The molecule has 2 aromatic rings. The van der Waals surface area contributed by atoms with Crippen molar-refractivity contribution in [2.75, 3.05) is 11.9 Å². The van der Waals surface area contributed by atoms with Crippen LogP contribution < -0.4 is 10.1 Å². The molecule has 2 nitrogen and oxygen atoms in total. The van der Waals surface area contributed by atoms with Crippen molar-refractivity contribution in [3.63, 3.8) is 0 Å². The van der Waals surface area contributed by atoms with Gasteiger partial charge < -0.3 is 10.1 Å². The third-order valence-corrected chi connectivity index (χ3v) is 4.45. The number of thiophene rings is 1. The molecule has 2 heterocycles. The predicted molar refractivity (Wildman–Crippen MR) is 76.7 cm³/mol. The van der Waals surface area contributed by atoms with Gasteiger partial charge in [-0.05, 0) is 42.3 Å². The van der Waals surface area contributed by atoms with Gasteiger partial charge in [0.1, 0.15) is 5.75 Å². The first-order valence-electron chi connectivity index (χ1n) is 6.42. The van der Waals surface area contributed by atoms with Crippen LogP contribution in [0, 0.1) is 0 Å². The van der Waals surface area contributed by atoms with Crippen molar-refractivity contribution in [1.82, 2.24) is 0 Å². The molecule has 0 bridgehead atoms. The van der Waals surface area contributed by atoms with Crippen molar-refractivity contribution in [3.8, 4) is 5.75 Å². The van der Waals surface area contributed by atoms with Gasteiger partial charge in [-0.15, -0.1) is 11.3 Å². The number of hydrogen-bond acceptors (Lipinski definition) is 3. The van der Waals surface area contributed by atoms with Crippen LogP contribution >= 0.6 is 11.3 Å². The lowest BCUT2D eigenvalue weighted by molar-refractivity contribution is 0.357. The smallest absolute Gasteiger partial charge is 0.122 e. The Hall–Kier alpha value is -1.48. The van der Waals surface area contributed by atoms with Gasteiger partial charge in [-0.3, -0.25) is 0 Å². The molecule has 94 valence electrons. The zero-order chi connectivity index (χ0) is 12.4. The highest BCUT2D eigenvalue weighted by Crippen LogP contribution is 2.28. The van der Waals surface area contributed by atoms with Gasteiger partial charge in [-0.1, -0.05) is 6.92 Å². The molecule has 3 rings (SSSR count). The summed E-state index contributed by atoms with van der Waals surface area (Å²) in [5.74, 6) is 1.05. The first kappa shape index (κ1) is 11.6. The highest BCUT2D eigenvalue weighted by Gasteiger charge is 2.11. The van der Waals surface area contributed by atoms with Gasteiger partial charge in [-0.25, -0.2) is 0 Å². The minimum absolute atomic E-state index is 0.823. The number of aryl methyl sites for hydroxylation is 1. The van der Waals surface area contributed by atoms with Crippen molar-refractivity contribution in [2.45, 2.75) is 26.3 Å². The average molecular weight is 259 g/mol. The highest BCUT2D eigenvalue weighted by molar-refractivity contribution is 7.12. The Morgan fingerprint density at radius 3 is 2.94 bits per heavy atom. The summed E-state index contributed by atoms with van der Waals surface area (Å²) in [5.41, 5.74) is 2.51. The maximum atomic E-state index is 5.51. The van der Waals surface area contributed by atoms with Gasteiger partial charge >= 0.3 is 0 Å². The van der Waals surface area contributed by atoms with Crippen LogP contribution in [0.15, 0.2) is 30.3 Å². The molecule has 0 saturated carbocycles. The minimum atomic E-state index is 0.823. The lowest BCUT2D eigenvalue weighted by atomic mass is 10.1. The molecule has 1 aliphatic rings. The summed E-state index contributed by atoms with van der Waals surface area (Å²) in [6.07, 6.45) is 2.16. The van der Waals surface area contributed by atoms with Crippen molar-refractivity contribution in [3.05, 3.63) is 45.6 Å². The van der Waals surface area contributed by atoms with Crippen LogP contribution in [-0.2, 0) is 19.4 Å². The standard InChI is InChI=1S/C15H17NOS/c1-2-13-4-5-14(18-13)10-16-12-3-6-15-11(9-12)7-8-17-15/h3-6,9,16H,2,7-8,10H2,1H3. The fourth-order valence-corrected chi connectivity index (χ4v) is 3.09. The molecule has 3 heteroatoms. The first-order chi connectivity index (χ1) is 8.85. The molecular weight excluding hydrogens is 242 g/mol. The van der Waals surface area contributed by atoms with E-state index in [2.05, 4.69) is 42.6 Å². The summed E-state index contributed by atoms with van der Waals surface area (Å²) in [6.45, 7) is 3.93. The number of ether oxygens (including phenoxy) is 1. The molecular formula is C15H17NOS. The Morgan fingerprint density at radius 1 is 1.22 bits per heavy atom. The van der Waals surface area contributed by atoms with Gasteiger partial charge in [0.2, 0.25) is 0 Å². The van der Waals surface area contributed by atoms with E-state index in [1.807, 2.05) is 11.3 Å². The molecule has 0 fully saturated rings. The number of rotatable bonds is 4. The highest BCUT2D eigenvalue weighted by atomic mass is 32.1. The van der Waals surface area contributed by atoms with Crippen LogP contribution in [0.2, 0.25) is 0 Å². The molecule has 1 aliphatic heterocycles. The van der Waals surface area contributed by atoms with Crippen molar-refractivity contribution >= 4 is 17.0 Å². The summed E-state index contributed by atoms with van der Waals surface area (Å²) in [4.78, 5) is 2.85. The van der Waals surface area contributed by atoms with Crippen molar-refractivity contribution < 1.29 is 4.74 Å². The number of fused-ring (bicyclic) bond motifs is 1. The summed E-state index contributed by atoms with van der Waals surface area (Å²) in [7, 11) is 0. The maximum absolute atomic E-state index is 5.51. The summed E-state index contributed by atoms with van der Waals surface area (Å²) in [6, 6.07) is 10.8. The fourth-order valence-electron chi connectivity index (χ4n) is 2.19. The lowest BCUT2D eigenvalue weighted by Crippen LogP contribution is -1.97. The number of nitrogens with one attached hydrogen (secondary N) is 1. The first-order valence-corrected chi connectivity index (χ1v) is 7.24. The van der Waals surface area contributed by atoms with E-state index >= 15 is 0 Å². The third kappa shape index (κ3) is 2.36. The Kier molecular flexibility index (Phi) is 3.24. The Balaban J connectivity index is 1.66. The molecule has 1 N–H and O–H groups in total. The second kappa shape index (κ2) is 5.02. The van der Waals surface area contributed by atoms with Gasteiger partial charge in [-0.2, -0.15) is 0 Å². The summed E-state index contributed by atoms with van der Waals surface area (Å²) < 4.78 is 5.51. The molecule has 0 saturated heterocycles. The van der Waals surface area contributed by atoms with E-state index in [1.165, 1.54) is 21.0 Å². The average Bonchev–Trinajstić information content (AvgIpc) is 3.04. The van der Waals surface area contributed by atoms with E-state index in [-0.39, 0.29) is 0 Å². The number of hydrogen-bond donors (Lipinski definition) is 1.